The molecule has 0 bridgehead atoms. The largest absolute Gasteiger partial charge is 0.388 e. The van der Waals surface area contributed by atoms with Gasteiger partial charge < -0.3 is 29.5 Å². The van der Waals surface area contributed by atoms with Crippen LogP contribution < -0.4 is 0 Å². The van der Waals surface area contributed by atoms with Crippen LogP contribution in [0.3, 0.4) is 0 Å². The molecule has 0 spiro atoms. The predicted molar refractivity (Wildman–Crippen MR) is 126 cm³/mol. The van der Waals surface area contributed by atoms with Crippen LogP contribution in [0.2, 0.25) is 0 Å². The molecule has 1 saturated heterocycles. The number of aromatic nitrogens is 2. The van der Waals surface area contributed by atoms with Crippen LogP contribution in [-0.4, -0.2) is 106 Å². The Bertz CT molecular complexity index is 778. The Hall–Kier alpha value is -2.14. The molecule has 10 nitrogen and oxygen atoms in total. The first-order valence-electron chi connectivity index (χ1n) is 12.1. The summed E-state index contributed by atoms with van der Waals surface area (Å²) in [5, 5.41) is 21.2. The second-order valence-corrected chi connectivity index (χ2v) is 9.23. The molecule has 2 heterocycles. The lowest BCUT2D eigenvalue weighted by molar-refractivity contribution is -0.140. The van der Waals surface area contributed by atoms with Crippen molar-refractivity contribution in [1.82, 2.24) is 19.8 Å². The maximum absolute atomic E-state index is 13.1. The van der Waals surface area contributed by atoms with Crippen LogP contribution in [0, 0.1) is 12.8 Å². The molecule has 1 aliphatic heterocycles. The number of aliphatic hydroxyl groups is 2. The lowest BCUT2D eigenvalue weighted by atomic mass is 10.1. The van der Waals surface area contributed by atoms with Crippen LogP contribution in [0.15, 0.2) is 12.4 Å². The topological polar surface area (TPSA) is 125 Å². The summed E-state index contributed by atoms with van der Waals surface area (Å²) in [7, 11) is 0. The van der Waals surface area contributed by atoms with E-state index >= 15 is 0 Å². The number of carbonyl (C=O) groups excluding carboxylic acids is 2. The first kappa shape index (κ1) is 28.1. The van der Waals surface area contributed by atoms with Crippen LogP contribution in [0.4, 0.5) is 0 Å². The number of ether oxygens (including phenoxy) is 2. The Kier molecular flexibility index (Phi) is 11.8. The molecule has 3 atom stereocenters. The summed E-state index contributed by atoms with van der Waals surface area (Å²) >= 11 is 0. The second-order valence-electron chi connectivity index (χ2n) is 9.23. The highest BCUT2D eigenvalue weighted by Crippen LogP contribution is 2.13. The van der Waals surface area contributed by atoms with Gasteiger partial charge in [0.2, 0.25) is 5.91 Å². The van der Waals surface area contributed by atoms with Crippen molar-refractivity contribution in [2.75, 3.05) is 46.0 Å². The minimum atomic E-state index is -1.21. The number of hydrogen-bond acceptors (Lipinski definition) is 8. The van der Waals surface area contributed by atoms with Gasteiger partial charge in [-0.25, -0.2) is 4.98 Å². The molecule has 0 radical (unpaired) electrons. The minimum absolute atomic E-state index is 0.0349. The number of nitrogens with zero attached hydrogens (tertiary/aromatic N) is 4. The van der Waals surface area contributed by atoms with E-state index in [-0.39, 0.29) is 37.2 Å². The smallest absolute Gasteiger partial charge is 0.274 e. The third-order valence-electron chi connectivity index (χ3n) is 5.80. The zero-order valence-electron chi connectivity index (χ0n) is 20.9. The molecule has 0 aliphatic carbocycles. The number of amides is 2. The highest BCUT2D eigenvalue weighted by atomic mass is 16.5. The summed E-state index contributed by atoms with van der Waals surface area (Å²) in [4.78, 5) is 37.1. The highest BCUT2D eigenvalue weighted by molar-refractivity contribution is 5.92. The molecular weight excluding hydrogens is 440 g/mol. The fourth-order valence-corrected chi connectivity index (χ4v) is 3.65. The van der Waals surface area contributed by atoms with E-state index in [4.69, 9.17) is 9.47 Å². The van der Waals surface area contributed by atoms with Crippen molar-refractivity contribution in [2.24, 2.45) is 5.92 Å². The average molecular weight is 481 g/mol. The van der Waals surface area contributed by atoms with E-state index in [1.807, 2.05) is 0 Å². The van der Waals surface area contributed by atoms with Gasteiger partial charge in [-0.2, -0.15) is 0 Å². The SMILES string of the molecule is CC(=O)N1CCN(C(=O)c2cncc(C)n2)CCCCOC[C@@H](O)[C@@H](O)[C@H](OCCC(C)C)C1. The summed E-state index contributed by atoms with van der Waals surface area (Å²) in [6.45, 7) is 9.26. The molecule has 0 saturated carbocycles. The second kappa shape index (κ2) is 14.3. The van der Waals surface area contributed by atoms with Gasteiger partial charge in [0.1, 0.15) is 24.0 Å². The third-order valence-corrected chi connectivity index (χ3v) is 5.80. The van der Waals surface area contributed by atoms with Gasteiger partial charge >= 0.3 is 0 Å². The molecule has 1 aromatic rings. The van der Waals surface area contributed by atoms with Gasteiger partial charge in [-0.05, 0) is 32.1 Å². The van der Waals surface area contributed by atoms with Gasteiger partial charge in [0.15, 0.2) is 0 Å². The number of aliphatic hydroxyl groups excluding tert-OH is 2. The molecule has 2 rings (SSSR count). The van der Waals surface area contributed by atoms with Crippen LogP contribution in [0.25, 0.3) is 0 Å². The summed E-state index contributed by atoms with van der Waals surface area (Å²) in [6.07, 6.45) is 2.07. The van der Waals surface area contributed by atoms with E-state index in [9.17, 15) is 19.8 Å². The van der Waals surface area contributed by atoms with Crippen LogP contribution in [-0.2, 0) is 14.3 Å². The van der Waals surface area contributed by atoms with E-state index in [1.165, 1.54) is 13.1 Å². The van der Waals surface area contributed by atoms with Crippen molar-refractivity contribution in [1.29, 1.82) is 0 Å². The van der Waals surface area contributed by atoms with Crippen molar-refractivity contribution in [3.05, 3.63) is 23.8 Å². The molecule has 34 heavy (non-hydrogen) atoms. The van der Waals surface area contributed by atoms with Gasteiger partial charge in [0.05, 0.1) is 18.5 Å². The third kappa shape index (κ3) is 9.25. The minimum Gasteiger partial charge on any atom is -0.388 e. The van der Waals surface area contributed by atoms with Crippen molar-refractivity contribution in [3.8, 4) is 0 Å². The summed E-state index contributed by atoms with van der Waals surface area (Å²) < 4.78 is 11.5. The van der Waals surface area contributed by atoms with E-state index in [0.717, 1.165) is 6.42 Å². The molecule has 192 valence electrons. The summed E-state index contributed by atoms with van der Waals surface area (Å²) in [5.74, 6) is -0.0322. The predicted octanol–water partition coefficient (Wildman–Crippen LogP) is 1.04. The van der Waals surface area contributed by atoms with E-state index < -0.39 is 18.3 Å². The Morgan fingerprint density at radius 2 is 1.91 bits per heavy atom. The van der Waals surface area contributed by atoms with Crippen molar-refractivity contribution in [2.45, 2.75) is 65.3 Å². The zero-order chi connectivity index (χ0) is 25.1. The fourth-order valence-electron chi connectivity index (χ4n) is 3.65. The number of aryl methyl sites for hydroxylation is 1. The number of carbonyl (C=O) groups is 2. The summed E-state index contributed by atoms with van der Waals surface area (Å²) in [5.41, 5.74) is 0.917. The number of rotatable bonds is 5. The Morgan fingerprint density at radius 3 is 2.59 bits per heavy atom. The molecule has 0 unspecified atom stereocenters. The summed E-state index contributed by atoms with van der Waals surface area (Å²) in [6, 6.07) is 0. The average Bonchev–Trinajstić information content (AvgIpc) is 2.79. The van der Waals surface area contributed by atoms with Crippen LogP contribution in [0.5, 0.6) is 0 Å². The first-order valence-corrected chi connectivity index (χ1v) is 12.1. The Labute approximate surface area is 202 Å². The molecule has 2 N–H and O–H groups in total. The van der Waals surface area contributed by atoms with E-state index in [2.05, 4.69) is 23.8 Å². The van der Waals surface area contributed by atoms with Gasteiger partial charge in [0.25, 0.3) is 5.91 Å². The molecule has 1 fully saturated rings. The molecule has 1 aliphatic rings. The monoisotopic (exact) mass is 480 g/mol. The maximum atomic E-state index is 13.1. The van der Waals surface area contributed by atoms with E-state index in [0.29, 0.717) is 50.8 Å². The fraction of sp³-hybridized carbons (Fsp3) is 0.750. The van der Waals surface area contributed by atoms with Crippen molar-refractivity contribution >= 4 is 11.8 Å². The molecule has 10 heteroatoms. The highest BCUT2D eigenvalue weighted by Gasteiger charge is 2.31. The lowest BCUT2D eigenvalue weighted by Gasteiger charge is -2.33. The first-order chi connectivity index (χ1) is 16.2. The van der Waals surface area contributed by atoms with Gasteiger partial charge in [-0.1, -0.05) is 13.8 Å². The van der Waals surface area contributed by atoms with Crippen LogP contribution >= 0.6 is 0 Å². The van der Waals surface area contributed by atoms with Gasteiger partial charge in [-0.3, -0.25) is 14.6 Å². The number of hydrogen-bond donors (Lipinski definition) is 2. The molecule has 0 aromatic carbocycles. The van der Waals surface area contributed by atoms with Crippen LogP contribution in [0.1, 0.15) is 56.2 Å². The molecular formula is C24H40N4O6. The maximum Gasteiger partial charge on any atom is 0.274 e. The van der Waals surface area contributed by atoms with Crippen molar-refractivity contribution < 1.29 is 29.3 Å². The lowest BCUT2D eigenvalue weighted by Crippen LogP contribution is -2.50. The van der Waals surface area contributed by atoms with E-state index in [1.54, 1.807) is 22.9 Å². The zero-order valence-corrected chi connectivity index (χ0v) is 20.9. The van der Waals surface area contributed by atoms with Gasteiger partial charge in [0, 0.05) is 52.5 Å². The molecule has 1 aromatic heterocycles. The Morgan fingerprint density at radius 1 is 1.18 bits per heavy atom. The quantitative estimate of drug-likeness (QED) is 0.640. The normalized spacial score (nSPS) is 23.6. The van der Waals surface area contributed by atoms with Crippen molar-refractivity contribution in [3.63, 3.8) is 0 Å². The molecule has 2 amide bonds. The standard InChI is InChI=1S/C24H40N4O6/c1-17(2)7-12-34-22-15-28(19(4)29)10-9-27(24(32)20-14-25-13-18(3)26-20)8-5-6-11-33-16-21(30)23(22)31/h13-14,17,21-23,30-31H,5-12,15-16H2,1-4H3/t21-,22-,23-/m1/s1. The van der Waals surface area contributed by atoms with Gasteiger partial charge in [-0.15, -0.1) is 0 Å². The Balaban J connectivity index is 2.19.